The Morgan fingerprint density at radius 1 is 1.26 bits per heavy atom. The van der Waals surface area contributed by atoms with Crippen LogP contribution < -0.4 is 0 Å². The SMILES string of the molecule is COC(=O)CCC(=O)c1ccc(Cl)cc1C(F)(F)F. The third kappa shape index (κ3) is 4.24. The summed E-state index contributed by atoms with van der Waals surface area (Å²) in [4.78, 5) is 22.6. The lowest BCUT2D eigenvalue weighted by Gasteiger charge is -2.12. The average Bonchev–Trinajstić information content (AvgIpc) is 2.34. The highest BCUT2D eigenvalue weighted by atomic mass is 35.5. The summed E-state index contributed by atoms with van der Waals surface area (Å²) in [6.45, 7) is 0. The molecular formula is C12H10ClF3O3. The van der Waals surface area contributed by atoms with Crippen LogP contribution in [0.3, 0.4) is 0 Å². The van der Waals surface area contributed by atoms with Crippen LogP contribution in [0.25, 0.3) is 0 Å². The van der Waals surface area contributed by atoms with Crippen molar-refractivity contribution in [3.05, 3.63) is 34.3 Å². The molecule has 0 spiro atoms. The van der Waals surface area contributed by atoms with E-state index in [1.165, 1.54) is 6.07 Å². The fourth-order valence-electron chi connectivity index (χ4n) is 1.45. The van der Waals surface area contributed by atoms with E-state index in [4.69, 9.17) is 11.6 Å². The third-order valence-corrected chi connectivity index (χ3v) is 2.61. The Bertz CT molecular complexity index is 497. The van der Waals surface area contributed by atoms with Gasteiger partial charge in [-0.1, -0.05) is 11.6 Å². The van der Waals surface area contributed by atoms with E-state index in [0.29, 0.717) is 6.07 Å². The number of esters is 1. The van der Waals surface area contributed by atoms with Crippen LogP contribution in [0.1, 0.15) is 28.8 Å². The second kappa shape index (κ2) is 6.06. The van der Waals surface area contributed by atoms with E-state index in [1.807, 2.05) is 0 Å². The number of ketones is 1. The maximum Gasteiger partial charge on any atom is 0.417 e. The first-order chi connectivity index (χ1) is 8.75. The highest BCUT2D eigenvalue weighted by molar-refractivity contribution is 6.30. The molecule has 0 amide bonds. The second-order valence-electron chi connectivity index (χ2n) is 3.69. The Morgan fingerprint density at radius 2 is 1.89 bits per heavy atom. The molecule has 0 aliphatic carbocycles. The molecule has 0 radical (unpaired) electrons. The predicted octanol–water partition coefficient (Wildman–Crippen LogP) is 3.49. The van der Waals surface area contributed by atoms with Crippen LogP contribution in [0.15, 0.2) is 18.2 Å². The summed E-state index contributed by atoms with van der Waals surface area (Å²) < 4.78 is 42.6. The number of rotatable bonds is 4. The molecule has 0 unspecified atom stereocenters. The molecule has 0 aromatic heterocycles. The maximum atomic E-state index is 12.8. The second-order valence-corrected chi connectivity index (χ2v) is 4.12. The number of Topliss-reactive ketones (excluding diaryl/α,β-unsaturated/α-hetero) is 1. The van der Waals surface area contributed by atoms with E-state index in [2.05, 4.69) is 4.74 Å². The summed E-state index contributed by atoms with van der Waals surface area (Å²) >= 11 is 5.49. The van der Waals surface area contributed by atoms with Crippen molar-refractivity contribution < 1.29 is 27.5 Å². The average molecular weight is 295 g/mol. The Kier molecular flexibility index (Phi) is 4.94. The van der Waals surface area contributed by atoms with Gasteiger partial charge in [-0.15, -0.1) is 0 Å². The van der Waals surface area contributed by atoms with Crippen molar-refractivity contribution in [3.63, 3.8) is 0 Å². The largest absolute Gasteiger partial charge is 0.469 e. The third-order valence-electron chi connectivity index (χ3n) is 2.37. The summed E-state index contributed by atoms with van der Waals surface area (Å²) in [5.74, 6) is -1.44. The molecule has 3 nitrogen and oxygen atoms in total. The van der Waals surface area contributed by atoms with Crippen molar-refractivity contribution >= 4 is 23.4 Å². The number of carbonyl (C=O) groups is 2. The van der Waals surface area contributed by atoms with E-state index < -0.39 is 29.1 Å². The number of carbonyl (C=O) groups excluding carboxylic acids is 2. The number of hydrogen-bond donors (Lipinski definition) is 0. The van der Waals surface area contributed by atoms with Crippen LogP contribution >= 0.6 is 11.6 Å². The minimum absolute atomic E-state index is 0.114. The molecule has 1 rings (SSSR count). The fourth-order valence-corrected chi connectivity index (χ4v) is 1.62. The van der Waals surface area contributed by atoms with Crippen LogP contribution in [0.4, 0.5) is 13.2 Å². The molecule has 0 aliphatic heterocycles. The van der Waals surface area contributed by atoms with E-state index in [0.717, 1.165) is 13.2 Å². The van der Waals surface area contributed by atoms with Crippen molar-refractivity contribution in [1.29, 1.82) is 0 Å². The minimum Gasteiger partial charge on any atom is -0.469 e. The van der Waals surface area contributed by atoms with Gasteiger partial charge in [0.1, 0.15) is 0 Å². The quantitative estimate of drug-likeness (QED) is 0.630. The normalized spacial score (nSPS) is 11.2. The number of halogens is 4. The Labute approximate surface area is 112 Å². The molecule has 0 fully saturated rings. The molecule has 1 aromatic rings. The van der Waals surface area contributed by atoms with Crippen LogP contribution in [0.5, 0.6) is 0 Å². The molecule has 0 saturated carbocycles. The monoisotopic (exact) mass is 294 g/mol. The van der Waals surface area contributed by atoms with E-state index in [-0.39, 0.29) is 17.9 Å². The zero-order chi connectivity index (χ0) is 14.6. The van der Waals surface area contributed by atoms with E-state index in [1.54, 1.807) is 0 Å². The van der Waals surface area contributed by atoms with Crippen LogP contribution in [0.2, 0.25) is 5.02 Å². The van der Waals surface area contributed by atoms with Gasteiger partial charge in [-0.3, -0.25) is 9.59 Å². The van der Waals surface area contributed by atoms with Crippen molar-refractivity contribution in [2.24, 2.45) is 0 Å². The van der Waals surface area contributed by atoms with Gasteiger partial charge >= 0.3 is 12.1 Å². The highest BCUT2D eigenvalue weighted by Crippen LogP contribution is 2.34. The van der Waals surface area contributed by atoms with Gasteiger partial charge in [0, 0.05) is 17.0 Å². The molecule has 19 heavy (non-hydrogen) atoms. The van der Waals surface area contributed by atoms with Gasteiger partial charge in [0.05, 0.1) is 19.1 Å². The van der Waals surface area contributed by atoms with Gasteiger partial charge in [-0.2, -0.15) is 13.2 Å². The summed E-state index contributed by atoms with van der Waals surface area (Å²) in [5, 5.41) is -0.114. The van der Waals surface area contributed by atoms with E-state index in [9.17, 15) is 22.8 Å². The number of methoxy groups -OCH3 is 1. The molecule has 0 heterocycles. The molecule has 0 N–H and O–H groups in total. The molecule has 0 bridgehead atoms. The number of hydrogen-bond acceptors (Lipinski definition) is 3. The van der Waals surface area contributed by atoms with Gasteiger partial charge in [0.15, 0.2) is 5.78 Å². The molecule has 0 saturated heterocycles. The first-order valence-corrected chi connectivity index (χ1v) is 5.60. The Hall–Kier alpha value is -1.56. The lowest BCUT2D eigenvalue weighted by Crippen LogP contribution is -2.14. The van der Waals surface area contributed by atoms with Gasteiger partial charge in [0.2, 0.25) is 0 Å². The lowest BCUT2D eigenvalue weighted by atomic mass is 10.00. The van der Waals surface area contributed by atoms with Crippen molar-refractivity contribution in [1.82, 2.24) is 0 Å². The number of benzene rings is 1. The van der Waals surface area contributed by atoms with Gasteiger partial charge in [0.25, 0.3) is 0 Å². The summed E-state index contributed by atoms with van der Waals surface area (Å²) in [6, 6.07) is 2.89. The standard InChI is InChI=1S/C12H10ClF3O3/c1-19-11(18)5-4-10(17)8-3-2-7(13)6-9(8)12(14,15)16/h2-3,6H,4-5H2,1H3. The summed E-state index contributed by atoms with van der Waals surface area (Å²) in [7, 11) is 1.14. The first kappa shape index (κ1) is 15.5. The number of alkyl halides is 3. The van der Waals surface area contributed by atoms with Gasteiger partial charge < -0.3 is 4.74 Å². The topological polar surface area (TPSA) is 43.4 Å². The van der Waals surface area contributed by atoms with Crippen molar-refractivity contribution in [3.8, 4) is 0 Å². The maximum absolute atomic E-state index is 12.8. The predicted molar refractivity (Wildman–Crippen MR) is 62.0 cm³/mol. The molecule has 1 aromatic carbocycles. The smallest absolute Gasteiger partial charge is 0.417 e. The van der Waals surface area contributed by atoms with Crippen LogP contribution in [0, 0.1) is 0 Å². The zero-order valence-corrected chi connectivity index (χ0v) is 10.6. The highest BCUT2D eigenvalue weighted by Gasteiger charge is 2.35. The molecule has 0 aliphatic rings. The van der Waals surface area contributed by atoms with Crippen LogP contribution in [-0.2, 0) is 15.7 Å². The zero-order valence-electron chi connectivity index (χ0n) is 9.88. The van der Waals surface area contributed by atoms with Gasteiger partial charge in [-0.25, -0.2) is 0 Å². The summed E-state index contributed by atoms with van der Waals surface area (Å²) in [5.41, 5.74) is -1.60. The Morgan fingerprint density at radius 3 is 2.42 bits per heavy atom. The fraction of sp³-hybridized carbons (Fsp3) is 0.333. The number of ether oxygens (including phenoxy) is 1. The molecule has 7 heteroatoms. The lowest BCUT2D eigenvalue weighted by molar-refractivity contribution is -0.140. The Balaban J connectivity index is 3.00. The molecular weight excluding hydrogens is 285 g/mol. The van der Waals surface area contributed by atoms with E-state index >= 15 is 0 Å². The van der Waals surface area contributed by atoms with Crippen molar-refractivity contribution in [2.45, 2.75) is 19.0 Å². The summed E-state index contributed by atoms with van der Waals surface area (Å²) in [6.07, 6.45) is -5.30. The minimum atomic E-state index is -4.68. The molecule has 0 atom stereocenters. The van der Waals surface area contributed by atoms with Crippen molar-refractivity contribution in [2.75, 3.05) is 7.11 Å². The molecule has 104 valence electrons. The first-order valence-electron chi connectivity index (χ1n) is 5.22. The van der Waals surface area contributed by atoms with Crippen LogP contribution in [-0.4, -0.2) is 18.9 Å². The van der Waals surface area contributed by atoms with Gasteiger partial charge in [-0.05, 0) is 18.2 Å².